The van der Waals surface area contributed by atoms with Gasteiger partial charge in [-0.15, -0.1) is 0 Å². The van der Waals surface area contributed by atoms with Crippen LogP contribution in [0.2, 0.25) is 0 Å². The van der Waals surface area contributed by atoms with Crippen LogP contribution in [0.5, 0.6) is 0 Å². The van der Waals surface area contributed by atoms with Crippen LogP contribution < -0.4 is 5.32 Å². The first-order valence-electron chi connectivity index (χ1n) is 8.34. The van der Waals surface area contributed by atoms with Gasteiger partial charge in [-0.1, -0.05) is 5.16 Å². The molecule has 1 amide bonds. The zero-order chi connectivity index (χ0) is 16.9. The van der Waals surface area contributed by atoms with Crippen molar-refractivity contribution < 1.29 is 9.32 Å². The van der Waals surface area contributed by atoms with Gasteiger partial charge < -0.3 is 14.7 Å². The van der Waals surface area contributed by atoms with Gasteiger partial charge in [-0.3, -0.25) is 9.78 Å². The van der Waals surface area contributed by atoms with Crippen LogP contribution in [0.1, 0.15) is 42.1 Å². The van der Waals surface area contributed by atoms with Gasteiger partial charge in [0.25, 0.3) is 0 Å². The predicted octanol–water partition coefficient (Wildman–Crippen LogP) is 1.75. The maximum absolute atomic E-state index is 12.8. The number of aromatic nitrogens is 3. The molecule has 1 atom stereocenters. The number of aryl methyl sites for hydroxylation is 2. The van der Waals surface area contributed by atoms with Crippen molar-refractivity contribution in [3.8, 4) is 0 Å². The molecule has 0 radical (unpaired) electrons. The van der Waals surface area contributed by atoms with E-state index in [1.54, 1.807) is 13.1 Å². The zero-order valence-electron chi connectivity index (χ0n) is 14.2. The molecule has 2 aromatic rings. The lowest BCUT2D eigenvalue weighted by molar-refractivity contribution is -0.133. The van der Waals surface area contributed by atoms with Gasteiger partial charge >= 0.3 is 0 Å². The fourth-order valence-electron chi connectivity index (χ4n) is 2.95. The average molecular weight is 329 g/mol. The van der Waals surface area contributed by atoms with Crippen molar-refractivity contribution in [2.24, 2.45) is 0 Å². The summed E-state index contributed by atoms with van der Waals surface area (Å²) >= 11 is 0. The van der Waals surface area contributed by atoms with Crippen LogP contribution in [-0.4, -0.2) is 38.5 Å². The SMILES string of the molecule is Cc1noc(CN2CCCCC(NCc3ccncc3C)C2=O)n1. The molecule has 1 N–H and O–H groups in total. The number of hydrogen-bond donors (Lipinski definition) is 1. The van der Waals surface area contributed by atoms with Crippen LogP contribution in [0.25, 0.3) is 0 Å². The van der Waals surface area contributed by atoms with Gasteiger partial charge in [0.15, 0.2) is 5.82 Å². The van der Waals surface area contributed by atoms with Gasteiger partial charge in [0.2, 0.25) is 11.8 Å². The van der Waals surface area contributed by atoms with Crippen molar-refractivity contribution in [1.82, 2.24) is 25.3 Å². The molecule has 128 valence electrons. The molecular formula is C17H23N5O2. The van der Waals surface area contributed by atoms with Crippen molar-refractivity contribution in [2.45, 2.75) is 52.2 Å². The van der Waals surface area contributed by atoms with Gasteiger partial charge in [-0.05, 0) is 50.3 Å². The van der Waals surface area contributed by atoms with E-state index < -0.39 is 0 Å². The molecule has 1 aliphatic heterocycles. The minimum absolute atomic E-state index is 0.107. The van der Waals surface area contributed by atoms with E-state index in [1.165, 1.54) is 5.56 Å². The highest BCUT2D eigenvalue weighted by Crippen LogP contribution is 2.16. The van der Waals surface area contributed by atoms with Crippen LogP contribution in [0.4, 0.5) is 0 Å². The Morgan fingerprint density at radius 2 is 2.25 bits per heavy atom. The monoisotopic (exact) mass is 329 g/mol. The van der Waals surface area contributed by atoms with E-state index >= 15 is 0 Å². The normalized spacial score (nSPS) is 18.7. The van der Waals surface area contributed by atoms with Crippen molar-refractivity contribution in [3.63, 3.8) is 0 Å². The van der Waals surface area contributed by atoms with E-state index in [1.807, 2.05) is 24.1 Å². The van der Waals surface area contributed by atoms with Gasteiger partial charge in [-0.25, -0.2) is 0 Å². The minimum atomic E-state index is -0.177. The second-order valence-electron chi connectivity index (χ2n) is 6.23. The third-order valence-corrected chi connectivity index (χ3v) is 4.35. The third kappa shape index (κ3) is 3.97. The van der Waals surface area contributed by atoms with Gasteiger partial charge in [0.1, 0.15) is 6.54 Å². The van der Waals surface area contributed by atoms with Crippen LogP contribution >= 0.6 is 0 Å². The molecule has 7 heteroatoms. The molecule has 1 saturated heterocycles. The lowest BCUT2D eigenvalue weighted by Gasteiger charge is -2.23. The van der Waals surface area contributed by atoms with E-state index in [2.05, 4.69) is 20.4 Å². The fourth-order valence-corrected chi connectivity index (χ4v) is 2.95. The molecule has 1 aliphatic rings. The Hall–Kier alpha value is -2.28. The van der Waals surface area contributed by atoms with E-state index in [9.17, 15) is 4.79 Å². The number of carbonyl (C=O) groups is 1. The number of pyridine rings is 1. The summed E-state index contributed by atoms with van der Waals surface area (Å²) in [4.78, 5) is 22.9. The highest BCUT2D eigenvalue weighted by Gasteiger charge is 2.27. The summed E-state index contributed by atoms with van der Waals surface area (Å²) in [7, 11) is 0. The van der Waals surface area contributed by atoms with E-state index in [4.69, 9.17) is 4.52 Å². The number of carbonyl (C=O) groups excluding carboxylic acids is 1. The lowest BCUT2D eigenvalue weighted by atomic mass is 10.1. The van der Waals surface area contributed by atoms with Crippen LogP contribution in [0.15, 0.2) is 23.0 Å². The smallest absolute Gasteiger partial charge is 0.246 e. The molecule has 0 saturated carbocycles. The summed E-state index contributed by atoms with van der Waals surface area (Å²) < 4.78 is 5.15. The topological polar surface area (TPSA) is 84.2 Å². The Labute approximate surface area is 141 Å². The summed E-state index contributed by atoms with van der Waals surface area (Å²) in [6.07, 6.45) is 6.49. The molecule has 0 aromatic carbocycles. The highest BCUT2D eigenvalue weighted by atomic mass is 16.5. The average Bonchev–Trinajstić information content (AvgIpc) is 2.90. The molecule has 2 aromatic heterocycles. The molecule has 0 aliphatic carbocycles. The fraction of sp³-hybridized carbons (Fsp3) is 0.529. The van der Waals surface area contributed by atoms with Crippen molar-refractivity contribution in [2.75, 3.05) is 6.54 Å². The van der Waals surface area contributed by atoms with Crippen LogP contribution in [-0.2, 0) is 17.9 Å². The Balaban J connectivity index is 1.64. The summed E-state index contributed by atoms with van der Waals surface area (Å²) in [6, 6.07) is 1.81. The molecule has 0 spiro atoms. The predicted molar refractivity (Wildman–Crippen MR) is 87.9 cm³/mol. The van der Waals surface area contributed by atoms with Crippen molar-refractivity contribution >= 4 is 5.91 Å². The molecule has 24 heavy (non-hydrogen) atoms. The first kappa shape index (κ1) is 16.6. The summed E-state index contributed by atoms with van der Waals surface area (Å²) in [5, 5.41) is 7.19. The Morgan fingerprint density at radius 1 is 1.38 bits per heavy atom. The number of likely N-dealkylation sites (tertiary alicyclic amines) is 1. The lowest BCUT2D eigenvalue weighted by Crippen LogP contribution is -2.44. The van der Waals surface area contributed by atoms with Crippen LogP contribution in [0, 0.1) is 13.8 Å². The maximum atomic E-state index is 12.8. The van der Waals surface area contributed by atoms with Gasteiger partial charge in [-0.2, -0.15) is 4.98 Å². The molecule has 1 fully saturated rings. The third-order valence-electron chi connectivity index (χ3n) is 4.35. The first-order chi connectivity index (χ1) is 11.6. The number of amides is 1. The Kier molecular flexibility index (Phi) is 5.20. The first-order valence-corrected chi connectivity index (χ1v) is 8.34. The number of nitrogens with one attached hydrogen (secondary N) is 1. The second-order valence-corrected chi connectivity index (χ2v) is 6.23. The van der Waals surface area contributed by atoms with Crippen molar-refractivity contribution in [1.29, 1.82) is 0 Å². The number of rotatable bonds is 5. The second kappa shape index (κ2) is 7.53. The number of nitrogens with zero attached hydrogens (tertiary/aromatic N) is 4. The number of hydrogen-bond acceptors (Lipinski definition) is 6. The molecule has 3 heterocycles. The molecule has 3 rings (SSSR count). The van der Waals surface area contributed by atoms with Gasteiger partial charge in [0, 0.05) is 25.5 Å². The largest absolute Gasteiger partial charge is 0.337 e. The van der Waals surface area contributed by atoms with Gasteiger partial charge in [0.05, 0.1) is 6.04 Å². The zero-order valence-corrected chi connectivity index (χ0v) is 14.2. The summed E-state index contributed by atoms with van der Waals surface area (Å²) in [6.45, 7) is 5.58. The molecule has 1 unspecified atom stereocenters. The standard InChI is InChI=1S/C17H23N5O2/c1-12-9-18-7-6-14(12)10-19-15-5-3-4-8-22(17(15)23)11-16-20-13(2)21-24-16/h6-7,9,15,19H,3-5,8,10-11H2,1-2H3. The Bertz CT molecular complexity index is 700. The minimum Gasteiger partial charge on any atom is -0.337 e. The quantitative estimate of drug-likeness (QED) is 0.900. The summed E-state index contributed by atoms with van der Waals surface area (Å²) in [5.41, 5.74) is 2.30. The van der Waals surface area contributed by atoms with E-state index in [0.717, 1.165) is 31.4 Å². The van der Waals surface area contributed by atoms with Crippen LogP contribution in [0.3, 0.4) is 0 Å². The molecule has 7 nitrogen and oxygen atoms in total. The summed E-state index contributed by atoms with van der Waals surface area (Å²) in [5.74, 6) is 1.19. The highest BCUT2D eigenvalue weighted by molar-refractivity contribution is 5.82. The Morgan fingerprint density at radius 3 is 3.00 bits per heavy atom. The maximum Gasteiger partial charge on any atom is 0.246 e. The van der Waals surface area contributed by atoms with Crippen molar-refractivity contribution in [3.05, 3.63) is 41.3 Å². The van der Waals surface area contributed by atoms with E-state index in [-0.39, 0.29) is 11.9 Å². The van der Waals surface area contributed by atoms with E-state index in [0.29, 0.717) is 24.8 Å². The molecule has 0 bridgehead atoms. The molecular weight excluding hydrogens is 306 g/mol.